The third-order valence-electron chi connectivity index (χ3n) is 4.97. The van der Waals surface area contributed by atoms with Crippen molar-refractivity contribution in [2.75, 3.05) is 0 Å². The minimum atomic E-state index is -4.65. The van der Waals surface area contributed by atoms with Crippen LogP contribution in [0.2, 0.25) is 0 Å². The number of carbonyl (C=O) groups excluding carboxylic acids is 1. The number of alkyl halides is 3. The average Bonchev–Trinajstić information content (AvgIpc) is 3.19. The Bertz CT molecular complexity index is 1320. The van der Waals surface area contributed by atoms with Gasteiger partial charge in [-0.15, -0.1) is 0 Å². The van der Waals surface area contributed by atoms with Gasteiger partial charge in [-0.3, -0.25) is 9.48 Å². The van der Waals surface area contributed by atoms with Crippen LogP contribution in [0.3, 0.4) is 0 Å². The molecule has 1 amide bonds. The molecule has 2 aromatic carbocycles. The van der Waals surface area contributed by atoms with E-state index in [0.29, 0.717) is 39.6 Å². The van der Waals surface area contributed by atoms with E-state index in [1.54, 1.807) is 42.9 Å². The molecule has 0 spiro atoms. The number of nitrogens with zero attached hydrogens (tertiary/aromatic N) is 4. The van der Waals surface area contributed by atoms with E-state index in [0.717, 1.165) is 12.1 Å². The Morgan fingerprint density at radius 1 is 1.13 bits per heavy atom. The molecule has 0 radical (unpaired) electrons. The molecule has 0 unspecified atom stereocenters. The number of fused-ring (bicyclic) bond motifs is 1. The first-order chi connectivity index (χ1) is 14.5. The van der Waals surface area contributed by atoms with Crippen LogP contribution < -0.4 is 5.73 Å². The van der Waals surface area contributed by atoms with Crippen molar-refractivity contribution < 1.29 is 22.4 Å². The van der Waals surface area contributed by atoms with Crippen LogP contribution in [0.15, 0.2) is 42.6 Å². The van der Waals surface area contributed by atoms with Gasteiger partial charge < -0.3 is 5.73 Å². The average molecular weight is 431 g/mol. The molecule has 0 bridgehead atoms. The summed E-state index contributed by atoms with van der Waals surface area (Å²) in [4.78, 5) is 11.7. The molecule has 2 heterocycles. The fourth-order valence-corrected chi connectivity index (χ4v) is 3.67. The van der Waals surface area contributed by atoms with E-state index in [9.17, 15) is 22.4 Å². The first-order valence-electron chi connectivity index (χ1n) is 9.24. The summed E-state index contributed by atoms with van der Waals surface area (Å²) in [5.41, 5.74) is 7.08. The Morgan fingerprint density at radius 2 is 1.87 bits per heavy atom. The van der Waals surface area contributed by atoms with Gasteiger partial charge in [-0.2, -0.15) is 23.4 Å². The highest BCUT2D eigenvalue weighted by Gasteiger charge is 2.31. The van der Waals surface area contributed by atoms with Crippen LogP contribution in [-0.4, -0.2) is 25.5 Å². The van der Waals surface area contributed by atoms with Gasteiger partial charge in [-0.25, -0.2) is 9.07 Å². The second kappa shape index (κ2) is 7.22. The third-order valence-corrected chi connectivity index (χ3v) is 4.97. The molecule has 0 fully saturated rings. The number of hydrogen-bond donors (Lipinski definition) is 1. The molecule has 4 aromatic rings. The number of nitrogens with two attached hydrogens (primary N) is 1. The Morgan fingerprint density at radius 3 is 2.52 bits per heavy atom. The summed E-state index contributed by atoms with van der Waals surface area (Å²) in [7, 11) is 0. The smallest absolute Gasteiger partial charge is 0.365 e. The van der Waals surface area contributed by atoms with E-state index < -0.39 is 23.5 Å². The van der Waals surface area contributed by atoms with Gasteiger partial charge in [0.25, 0.3) is 5.91 Å². The summed E-state index contributed by atoms with van der Waals surface area (Å²) in [6, 6.07) is 7.67. The largest absolute Gasteiger partial charge is 0.416 e. The van der Waals surface area contributed by atoms with E-state index in [1.807, 2.05) is 0 Å². The lowest BCUT2D eigenvalue weighted by Gasteiger charge is -2.09. The fourth-order valence-electron chi connectivity index (χ4n) is 3.67. The molecule has 0 aliphatic carbocycles. The minimum Gasteiger partial charge on any atom is -0.365 e. The molecule has 0 saturated carbocycles. The Hall–Kier alpha value is -3.69. The van der Waals surface area contributed by atoms with Crippen molar-refractivity contribution in [3.63, 3.8) is 0 Å². The van der Waals surface area contributed by atoms with Crippen molar-refractivity contribution in [2.24, 2.45) is 5.73 Å². The fraction of sp³-hybridized carbons (Fsp3) is 0.190. The van der Waals surface area contributed by atoms with Crippen molar-refractivity contribution in [3.05, 3.63) is 76.5 Å². The maximum atomic E-state index is 13.7. The van der Waals surface area contributed by atoms with Gasteiger partial charge in [0.05, 0.1) is 40.3 Å². The lowest BCUT2D eigenvalue weighted by Crippen LogP contribution is -2.13. The molecular formula is C21H17F4N5O. The van der Waals surface area contributed by atoms with Crippen molar-refractivity contribution in [1.29, 1.82) is 0 Å². The molecule has 160 valence electrons. The summed E-state index contributed by atoms with van der Waals surface area (Å²) in [6.07, 6.45) is -3.00. The maximum Gasteiger partial charge on any atom is 0.416 e. The van der Waals surface area contributed by atoms with Crippen molar-refractivity contribution >= 4 is 16.8 Å². The van der Waals surface area contributed by atoms with Crippen LogP contribution in [0.4, 0.5) is 17.6 Å². The number of amides is 1. The van der Waals surface area contributed by atoms with Gasteiger partial charge in [0.1, 0.15) is 5.82 Å². The van der Waals surface area contributed by atoms with Gasteiger partial charge >= 0.3 is 6.18 Å². The zero-order chi connectivity index (χ0) is 22.5. The molecule has 2 N–H and O–H groups in total. The first-order valence-corrected chi connectivity index (χ1v) is 9.24. The maximum absolute atomic E-state index is 13.7. The van der Waals surface area contributed by atoms with Gasteiger partial charge in [-0.1, -0.05) is 6.07 Å². The van der Waals surface area contributed by atoms with E-state index in [4.69, 9.17) is 5.73 Å². The topological polar surface area (TPSA) is 78.7 Å². The van der Waals surface area contributed by atoms with Crippen LogP contribution in [0.1, 0.15) is 32.9 Å². The lowest BCUT2D eigenvalue weighted by atomic mass is 10.1. The first kappa shape index (κ1) is 20.6. The second-order valence-electron chi connectivity index (χ2n) is 7.20. The molecule has 2 aromatic heterocycles. The highest BCUT2D eigenvalue weighted by molar-refractivity contribution is 5.95. The van der Waals surface area contributed by atoms with E-state index >= 15 is 0 Å². The molecule has 6 nitrogen and oxygen atoms in total. The zero-order valence-corrected chi connectivity index (χ0v) is 16.5. The van der Waals surface area contributed by atoms with Gasteiger partial charge in [0, 0.05) is 11.6 Å². The lowest BCUT2D eigenvalue weighted by molar-refractivity contribution is -0.137. The predicted octanol–water partition coefficient (Wildman–Crippen LogP) is 4.14. The normalized spacial score (nSPS) is 11.9. The van der Waals surface area contributed by atoms with Crippen LogP contribution in [-0.2, 0) is 12.7 Å². The number of rotatable bonds is 4. The summed E-state index contributed by atoms with van der Waals surface area (Å²) >= 11 is 0. The number of aromatic nitrogens is 4. The van der Waals surface area contributed by atoms with Gasteiger partial charge in [0.2, 0.25) is 0 Å². The summed E-state index contributed by atoms with van der Waals surface area (Å²) in [5, 5.41) is 9.45. The van der Waals surface area contributed by atoms with Crippen LogP contribution >= 0.6 is 0 Å². The molecule has 0 saturated heterocycles. The third kappa shape index (κ3) is 3.76. The van der Waals surface area contributed by atoms with Crippen LogP contribution in [0, 0.1) is 19.7 Å². The molecule has 0 aliphatic rings. The van der Waals surface area contributed by atoms with E-state index in [-0.39, 0.29) is 12.1 Å². The zero-order valence-electron chi connectivity index (χ0n) is 16.5. The second-order valence-corrected chi connectivity index (χ2v) is 7.20. The van der Waals surface area contributed by atoms with E-state index in [1.165, 1.54) is 4.68 Å². The Balaban J connectivity index is 1.77. The number of carbonyl (C=O) groups is 1. The number of aryl methyl sites for hydroxylation is 1. The SMILES string of the molecule is Cc1nn(-c2cccc3nn(Cc4cc(F)cc(C(F)(F)F)c4)cc23)c(C)c1C(N)=O. The number of primary amides is 1. The summed E-state index contributed by atoms with van der Waals surface area (Å²) in [5.74, 6) is -1.56. The summed E-state index contributed by atoms with van der Waals surface area (Å²) in [6.45, 7) is 3.34. The van der Waals surface area contributed by atoms with E-state index in [2.05, 4.69) is 10.2 Å². The molecule has 10 heteroatoms. The molecule has 31 heavy (non-hydrogen) atoms. The summed E-state index contributed by atoms with van der Waals surface area (Å²) < 4.78 is 55.7. The molecule has 4 rings (SSSR count). The predicted molar refractivity (Wildman–Crippen MR) is 105 cm³/mol. The highest BCUT2D eigenvalue weighted by atomic mass is 19.4. The molecule has 0 aliphatic heterocycles. The van der Waals surface area contributed by atoms with Crippen molar-refractivity contribution in [1.82, 2.24) is 19.6 Å². The van der Waals surface area contributed by atoms with Gasteiger partial charge in [0.15, 0.2) is 0 Å². The van der Waals surface area contributed by atoms with Crippen molar-refractivity contribution in [3.8, 4) is 5.69 Å². The number of benzene rings is 2. The number of halogens is 4. The Kier molecular flexibility index (Phi) is 4.79. The standard InChI is InChI=1S/C21H17F4N5O/c1-11-19(20(26)31)12(2)30(27-11)18-5-3-4-17-16(18)10-29(28-17)9-13-6-14(21(23,24)25)8-15(22)7-13/h3-8,10H,9H2,1-2H3,(H2,26,31). The Labute approximate surface area is 173 Å². The molecule has 0 atom stereocenters. The monoisotopic (exact) mass is 431 g/mol. The van der Waals surface area contributed by atoms with Crippen LogP contribution in [0.5, 0.6) is 0 Å². The quantitative estimate of drug-likeness (QED) is 0.493. The highest BCUT2D eigenvalue weighted by Crippen LogP contribution is 2.31. The molecular weight excluding hydrogens is 414 g/mol. The van der Waals surface area contributed by atoms with Crippen molar-refractivity contribution in [2.45, 2.75) is 26.6 Å². The minimum absolute atomic E-state index is 0.0569. The van der Waals surface area contributed by atoms with Gasteiger partial charge in [-0.05, 0) is 49.7 Å². The van der Waals surface area contributed by atoms with Crippen LogP contribution in [0.25, 0.3) is 16.6 Å². The number of hydrogen-bond acceptors (Lipinski definition) is 3.